The van der Waals surface area contributed by atoms with Gasteiger partial charge in [0.15, 0.2) is 64.1 Å². The van der Waals surface area contributed by atoms with Gasteiger partial charge >= 0.3 is 5.97 Å². The summed E-state index contributed by atoms with van der Waals surface area (Å²) in [4.78, 5) is 98.3. The molecule has 690 valence electrons. The van der Waals surface area contributed by atoms with Gasteiger partial charge in [-0.05, 0) is 221 Å². The smallest absolute Gasteiger partial charge is 0.343 e. The quantitative estimate of drug-likeness (QED) is 0.0175. The molecule has 11 fully saturated rings. The van der Waals surface area contributed by atoms with Gasteiger partial charge in [-0.3, -0.25) is 33.6 Å². The number of aliphatic hydroxyl groups is 8. The molecule has 131 heavy (non-hydrogen) atoms. The standard InChI is InChI=1S/2C35H39NO7.C21H28O6.C15H12O3/c2*1-33-13-12-24(38)14-22(33)10-11-26-27-16-30-35(29(40)18-37,34(27,2)17-28(39)31(26)33)43-32(42-30)21-8-6-20(7-9-21)19-41-25-5-3-4-23(36)15-25;1-19-6-5-12(23)7-11(19)3-4-13-14-8-16(25)21(27,17(26)10-22)20(14,2)9-15(24)18(13)19;1-11-3-2-4-14(9-11)18-15(17)13-7-5-12(10-16)6-8-13/h2*3-9,12-15,26-28,30-32,37,39H,10-11,16-19,36H2,1-2H3;5-7,13-16,18,22,24-25,27H,3-4,8-10H2,1-2H3;2-10H,1H3/t26-,27-,28-,30+,31+,32+,33-,34-,35+;26-,27-,28-,30+,31+,32-,33-,34-,35+;13-,14-,15-,16+,18+,19-,20-,21-;/m000./s1. The number of Topliss-reactive ketones (excluding diaryl/α,β-unsaturated/α-hetero) is 3. The van der Waals surface area contributed by atoms with Gasteiger partial charge in [-0.25, -0.2) is 4.79 Å². The van der Waals surface area contributed by atoms with Gasteiger partial charge in [0.05, 0.1) is 42.2 Å². The van der Waals surface area contributed by atoms with Crippen LogP contribution < -0.4 is 25.7 Å². The first kappa shape index (κ1) is 92.5. The largest absolute Gasteiger partial charge is 0.489 e. The maximum Gasteiger partial charge on any atom is 0.343 e. The van der Waals surface area contributed by atoms with E-state index >= 15 is 0 Å². The molecule has 0 spiro atoms. The number of hydrogen-bond donors (Lipinski definition) is 10. The molecule has 0 amide bonds. The lowest BCUT2D eigenvalue weighted by atomic mass is 9.46. The lowest BCUT2D eigenvalue weighted by molar-refractivity contribution is -0.201. The number of aldehydes is 1. The number of benzene rings is 6. The zero-order chi connectivity index (χ0) is 93.0. The van der Waals surface area contributed by atoms with Crippen molar-refractivity contribution in [1.29, 1.82) is 0 Å². The van der Waals surface area contributed by atoms with Crippen LogP contribution in [0, 0.1) is 92.7 Å². The summed E-state index contributed by atoms with van der Waals surface area (Å²) in [6.45, 7) is 12.6. The van der Waals surface area contributed by atoms with Gasteiger partial charge in [0.2, 0.25) is 0 Å². The van der Waals surface area contributed by atoms with Crippen molar-refractivity contribution in [3.8, 4) is 17.2 Å². The predicted octanol–water partition coefficient (Wildman–Crippen LogP) is 12.5. The fourth-order valence-corrected chi connectivity index (χ4v) is 27.3. The van der Waals surface area contributed by atoms with Crippen LogP contribution in [0.2, 0.25) is 0 Å². The number of carbonyl (C=O) groups excluding carboxylic acids is 8. The van der Waals surface area contributed by atoms with Crippen LogP contribution in [-0.4, -0.2) is 161 Å². The van der Waals surface area contributed by atoms with Crippen molar-refractivity contribution >= 4 is 58.3 Å². The minimum Gasteiger partial charge on any atom is -0.489 e. The van der Waals surface area contributed by atoms with Crippen molar-refractivity contribution in [2.75, 3.05) is 31.3 Å². The molecule has 2 heterocycles. The Morgan fingerprint density at radius 2 is 0.855 bits per heavy atom. The molecule has 26 atom stereocenters. The molecule has 0 bridgehead atoms. The van der Waals surface area contributed by atoms with Gasteiger partial charge in [0.25, 0.3) is 0 Å². The highest BCUT2D eigenvalue weighted by atomic mass is 16.8. The molecular formula is C106H118N2O23. The lowest BCUT2D eigenvalue weighted by Crippen LogP contribution is -2.63. The molecule has 20 rings (SSSR count). The van der Waals surface area contributed by atoms with Crippen molar-refractivity contribution in [2.45, 2.75) is 205 Å². The van der Waals surface area contributed by atoms with Gasteiger partial charge in [-0.1, -0.05) is 161 Å². The maximum atomic E-state index is 13.7. The number of aryl methyl sites for hydroxylation is 1. The third-order valence-corrected chi connectivity index (χ3v) is 33.4. The summed E-state index contributed by atoms with van der Waals surface area (Å²) < 4.78 is 43.4. The summed E-state index contributed by atoms with van der Waals surface area (Å²) in [5.41, 5.74) is 13.1. The van der Waals surface area contributed by atoms with E-state index in [1.807, 2.05) is 143 Å². The average molecular weight is 1790 g/mol. The van der Waals surface area contributed by atoms with E-state index in [1.165, 1.54) is 0 Å². The van der Waals surface area contributed by atoms with Crippen molar-refractivity contribution in [3.63, 3.8) is 0 Å². The number of allylic oxidation sites excluding steroid dienone is 12. The number of anilines is 2. The van der Waals surface area contributed by atoms with Crippen molar-refractivity contribution in [3.05, 3.63) is 256 Å². The third kappa shape index (κ3) is 15.5. The normalized spacial score (nSPS) is 37.7. The molecule has 2 aliphatic heterocycles. The fourth-order valence-electron chi connectivity index (χ4n) is 27.3. The molecule has 25 heteroatoms. The molecule has 0 radical (unpaired) electrons. The van der Waals surface area contributed by atoms with Gasteiger partial charge in [0.1, 0.15) is 56.6 Å². The minimum atomic E-state index is -2.05. The SMILES string of the molecule is C[C@]12C=CC(=O)C=C1CC[C@@H]1[C@@H]2[C@@H](O)C[C@@]2(C)[C@H]1C[C@@H](O)[C@]2(O)C(=O)CO.C[C@]12C=CC(=O)C=C1CC[C@@H]1[C@@H]2[C@@H](O)C[C@@]2(C)[C@H]1C[C@H]1O[C@@H](c3ccc(COc4cccc(N)c4)cc3)O[C@]12C(=O)CO.C[C@]12C=CC(=O)C=C1CC[C@@H]1[C@@H]2[C@@H](O)C[C@@]2(C)[C@H]1C[C@H]1O[C@H](c3ccc(COc4cccc(N)c4)cc3)O[C@]12C(=O)CO.Cc1cccc(OC(=O)c2ccc(C=O)cc2)c1. The summed E-state index contributed by atoms with van der Waals surface area (Å²) in [6, 6.07) is 43.6. The first-order valence-corrected chi connectivity index (χ1v) is 45.8. The number of carbonyl (C=O) groups is 8. The summed E-state index contributed by atoms with van der Waals surface area (Å²) in [5.74, 6) is -0.230. The zero-order valence-electron chi connectivity index (χ0n) is 74.8. The first-order chi connectivity index (χ1) is 62.4. The number of fused-ring (bicyclic) bond motifs is 19. The van der Waals surface area contributed by atoms with Gasteiger partial charge in [-0.15, -0.1) is 0 Å². The molecule has 2 saturated heterocycles. The van der Waals surface area contributed by atoms with E-state index in [-0.39, 0.29) is 83.5 Å². The highest BCUT2D eigenvalue weighted by Crippen LogP contribution is 2.74. The van der Waals surface area contributed by atoms with Crippen molar-refractivity contribution in [2.24, 2.45) is 85.8 Å². The van der Waals surface area contributed by atoms with E-state index in [2.05, 4.69) is 13.8 Å². The van der Waals surface area contributed by atoms with Crippen LogP contribution in [-0.2, 0) is 60.9 Å². The Morgan fingerprint density at radius 1 is 0.473 bits per heavy atom. The van der Waals surface area contributed by atoms with Crippen LogP contribution in [0.4, 0.5) is 11.4 Å². The van der Waals surface area contributed by atoms with E-state index < -0.39 is 142 Å². The number of rotatable bonds is 17. The second-order valence-corrected chi connectivity index (χ2v) is 40.1. The Bertz CT molecular complexity index is 5450. The van der Waals surface area contributed by atoms with E-state index in [0.29, 0.717) is 78.6 Å². The van der Waals surface area contributed by atoms with E-state index in [9.17, 15) is 79.2 Å². The Hall–Kier alpha value is -10.4. The Morgan fingerprint density at radius 3 is 1.24 bits per heavy atom. The van der Waals surface area contributed by atoms with E-state index in [4.69, 9.17) is 44.6 Å². The first-order valence-electron chi connectivity index (χ1n) is 45.8. The molecule has 14 aliphatic rings. The number of nitrogen functional groups attached to an aromatic ring is 2. The zero-order valence-corrected chi connectivity index (χ0v) is 74.8. The van der Waals surface area contributed by atoms with E-state index in [1.54, 1.807) is 91.9 Å². The molecule has 6 aromatic carbocycles. The van der Waals surface area contributed by atoms with Crippen LogP contribution in [0.3, 0.4) is 0 Å². The Labute approximate surface area is 761 Å². The molecule has 12 aliphatic carbocycles. The van der Waals surface area contributed by atoms with Crippen LogP contribution in [0.25, 0.3) is 0 Å². The molecule has 0 aromatic heterocycles. The molecule has 12 N–H and O–H groups in total. The highest BCUT2D eigenvalue weighted by molar-refractivity contribution is 6.03. The van der Waals surface area contributed by atoms with Crippen LogP contribution in [0.1, 0.15) is 180 Å². The van der Waals surface area contributed by atoms with E-state index in [0.717, 1.165) is 89.3 Å². The monoisotopic (exact) mass is 1790 g/mol. The van der Waals surface area contributed by atoms with Gasteiger partial charge in [-0.2, -0.15) is 0 Å². The molecular weight excluding hydrogens is 1670 g/mol. The topological polar surface area (TPSA) is 415 Å². The van der Waals surface area contributed by atoms with Gasteiger partial charge < -0.3 is 85.5 Å². The second kappa shape index (κ2) is 35.2. The van der Waals surface area contributed by atoms with Gasteiger partial charge in [0, 0.05) is 90.4 Å². The number of ketones is 6. The Balaban J connectivity index is 0.000000128. The maximum absolute atomic E-state index is 13.7. The Kier molecular flexibility index (Phi) is 24.9. The third-order valence-electron chi connectivity index (χ3n) is 33.4. The molecule has 0 unspecified atom stereocenters. The summed E-state index contributed by atoms with van der Waals surface area (Å²) >= 11 is 0. The number of nitrogens with two attached hydrogens (primary N) is 2. The van der Waals surface area contributed by atoms with Crippen molar-refractivity contribution < 1.29 is 112 Å². The van der Waals surface area contributed by atoms with Crippen LogP contribution in [0.5, 0.6) is 17.2 Å². The number of aliphatic hydroxyl groups excluding tert-OH is 7. The van der Waals surface area contributed by atoms with Crippen LogP contribution >= 0.6 is 0 Å². The highest BCUT2D eigenvalue weighted by Gasteiger charge is 2.79. The van der Waals surface area contributed by atoms with Crippen molar-refractivity contribution in [1.82, 2.24) is 0 Å². The summed E-state index contributed by atoms with van der Waals surface area (Å²) in [5, 5.41) is 86.3. The molecule has 25 nitrogen and oxygen atoms in total. The van der Waals surface area contributed by atoms with Crippen LogP contribution in [0.15, 0.2) is 217 Å². The average Bonchev–Trinajstić information content (AvgIpc) is 1.56. The fraction of sp³-hybridized carbons (Fsp3) is 0.472. The number of esters is 1. The predicted molar refractivity (Wildman–Crippen MR) is 481 cm³/mol. The molecule has 9 saturated carbocycles. The minimum absolute atomic E-state index is 0.00117. The summed E-state index contributed by atoms with van der Waals surface area (Å²) in [6.07, 6.45) is 17.4. The summed E-state index contributed by atoms with van der Waals surface area (Å²) in [7, 11) is 0. The second-order valence-electron chi connectivity index (χ2n) is 40.1. The molecule has 6 aromatic rings. The number of ether oxygens (including phenoxy) is 7. The number of hydrogen-bond acceptors (Lipinski definition) is 25. The lowest BCUT2D eigenvalue weighted by Gasteiger charge is -2.59.